The number of anilines is 1. The van der Waals surface area contributed by atoms with E-state index in [1.807, 2.05) is 48.5 Å². The number of aromatic amines is 1. The molecule has 1 aliphatic carbocycles. The summed E-state index contributed by atoms with van der Waals surface area (Å²) in [5.41, 5.74) is 2.68. The standard InChI is InChI=1S/C20H21N3O3/c1-26-14-6-4-5-13(11-14)23(9-10-24)20(25)17-12-16(17)19-15-7-2-3-8-18(15)21-22-19/h2-8,11,16-17,24H,9-10,12H2,1H3,(H,21,22). The van der Waals surface area contributed by atoms with Crippen LogP contribution in [-0.2, 0) is 4.79 Å². The van der Waals surface area contributed by atoms with Gasteiger partial charge in [0, 0.05) is 41.2 Å². The van der Waals surface area contributed by atoms with Crippen LogP contribution < -0.4 is 9.64 Å². The number of aliphatic hydroxyl groups is 1. The van der Waals surface area contributed by atoms with Crippen LogP contribution in [0.2, 0.25) is 0 Å². The molecule has 1 aromatic heterocycles. The van der Waals surface area contributed by atoms with Gasteiger partial charge in [-0.2, -0.15) is 5.10 Å². The molecule has 134 valence electrons. The number of H-pyrrole nitrogens is 1. The van der Waals surface area contributed by atoms with Crippen molar-refractivity contribution in [1.29, 1.82) is 0 Å². The van der Waals surface area contributed by atoms with E-state index in [1.165, 1.54) is 0 Å². The summed E-state index contributed by atoms with van der Waals surface area (Å²) in [5.74, 6) is 0.749. The average molecular weight is 351 g/mol. The van der Waals surface area contributed by atoms with Gasteiger partial charge in [0.05, 0.1) is 19.2 Å². The first-order valence-electron chi connectivity index (χ1n) is 8.72. The van der Waals surface area contributed by atoms with Crippen LogP contribution in [-0.4, -0.2) is 41.5 Å². The molecule has 4 rings (SSSR count). The van der Waals surface area contributed by atoms with Crippen LogP contribution in [0.15, 0.2) is 48.5 Å². The Hall–Kier alpha value is -2.86. The summed E-state index contributed by atoms with van der Waals surface area (Å²) in [6.45, 7) is 0.173. The third kappa shape index (κ3) is 2.93. The molecule has 26 heavy (non-hydrogen) atoms. The summed E-state index contributed by atoms with van der Waals surface area (Å²) in [4.78, 5) is 14.7. The smallest absolute Gasteiger partial charge is 0.230 e. The Morgan fingerprint density at radius 1 is 1.31 bits per heavy atom. The fourth-order valence-corrected chi connectivity index (χ4v) is 3.49. The molecule has 6 nitrogen and oxygen atoms in total. The highest BCUT2D eigenvalue weighted by molar-refractivity contribution is 5.98. The molecule has 0 saturated heterocycles. The van der Waals surface area contributed by atoms with E-state index < -0.39 is 0 Å². The number of aromatic nitrogens is 2. The number of ether oxygens (including phenoxy) is 1. The molecule has 0 spiro atoms. The average Bonchev–Trinajstić information content (AvgIpc) is 3.36. The predicted molar refractivity (Wildman–Crippen MR) is 99.4 cm³/mol. The SMILES string of the molecule is COc1cccc(N(CCO)C(=O)C2CC2c2[nH]nc3ccccc23)c1. The largest absolute Gasteiger partial charge is 0.497 e. The number of carbonyl (C=O) groups excluding carboxylic acids is 1. The summed E-state index contributed by atoms with van der Waals surface area (Å²) in [6, 6.07) is 15.3. The van der Waals surface area contributed by atoms with Gasteiger partial charge in [-0.1, -0.05) is 24.3 Å². The second kappa shape index (κ2) is 6.80. The van der Waals surface area contributed by atoms with Gasteiger partial charge in [-0.3, -0.25) is 9.89 Å². The van der Waals surface area contributed by atoms with Crippen LogP contribution >= 0.6 is 0 Å². The quantitative estimate of drug-likeness (QED) is 0.716. The minimum Gasteiger partial charge on any atom is -0.497 e. The molecule has 3 aromatic rings. The van der Waals surface area contributed by atoms with Gasteiger partial charge in [-0.05, 0) is 24.6 Å². The van der Waals surface area contributed by atoms with Crippen LogP contribution in [0.4, 0.5) is 5.69 Å². The Bertz CT molecular complexity index is 937. The number of para-hydroxylation sites is 1. The zero-order valence-corrected chi connectivity index (χ0v) is 14.6. The minimum atomic E-state index is -0.100. The highest BCUT2D eigenvalue weighted by Crippen LogP contribution is 2.50. The number of nitrogens with one attached hydrogen (secondary N) is 1. The number of fused-ring (bicyclic) bond motifs is 1. The first-order valence-corrected chi connectivity index (χ1v) is 8.72. The minimum absolute atomic E-state index is 0.0241. The zero-order chi connectivity index (χ0) is 18.1. The van der Waals surface area contributed by atoms with Gasteiger partial charge in [0.15, 0.2) is 0 Å². The molecule has 2 N–H and O–H groups in total. The van der Waals surface area contributed by atoms with E-state index in [0.717, 1.165) is 28.7 Å². The van der Waals surface area contributed by atoms with E-state index in [2.05, 4.69) is 10.2 Å². The molecular formula is C20H21N3O3. The number of benzene rings is 2. The third-order valence-corrected chi connectivity index (χ3v) is 4.92. The Morgan fingerprint density at radius 3 is 2.96 bits per heavy atom. The maximum absolute atomic E-state index is 13.1. The van der Waals surface area contributed by atoms with Crippen molar-refractivity contribution in [2.45, 2.75) is 12.3 Å². The number of nitrogens with zero attached hydrogens (tertiary/aromatic N) is 2. The van der Waals surface area contributed by atoms with Crippen molar-refractivity contribution >= 4 is 22.5 Å². The maximum atomic E-state index is 13.1. The number of hydrogen-bond donors (Lipinski definition) is 2. The molecule has 1 aliphatic rings. The molecule has 6 heteroatoms. The summed E-state index contributed by atoms with van der Waals surface area (Å²) < 4.78 is 5.25. The molecule has 0 radical (unpaired) electrons. The summed E-state index contributed by atoms with van der Waals surface area (Å²) in [5, 5.41) is 17.9. The summed E-state index contributed by atoms with van der Waals surface area (Å²) in [6.07, 6.45) is 0.789. The second-order valence-corrected chi connectivity index (χ2v) is 6.52. The molecule has 1 heterocycles. The van der Waals surface area contributed by atoms with E-state index in [4.69, 9.17) is 4.74 Å². The Labute approximate surface area is 151 Å². The lowest BCUT2D eigenvalue weighted by Gasteiger charge is -2.22. The van der Waals surface area contributed by atoms with Crippen LogP contribution in [0, 0.1) is 5.92 Å². The fourth-order valence-electron chi connectivity index (χ4n) is 3.49. The third-order valence-electron chi connectivity index (χ3n) is 4.92. The molecule has 2 unspecified atom stereocenters. The Balaban J connectivity index is 1.57. The monoisotopic (exact) mass is 351 g/mol. The number of hydrogen-bond acceptors (Lipinski definition) is 4. The number of aliphatic hydroxyl groups excluding tert-OH is 1. The van der Waals surface area contributed by atoms with Gasteiger partial charge >= 0.3 is 0 Å². The van der Waals surface area contributed by atoms with Crippen molar-refractivity contribution in [3.63, 3.8) is 0 Å². The predicted octanol–water partition coefficient (Wildman–Crippen LogP) is 2.70. The molecule has 1 fully saturated rings. The molecule has 1 amide bonds. The number of rotatable bonds is 6. The number of carbonyl (C=O) groups is 1. The summed E-state index contributed by atoms with van der Waals surface area (Å²) >= 11 is 0. The zero-order valence-electron chi connectivity index (χ0n) is 14.6. The Morgan fingerprint density at radius 2 is 2.15 bits per heavy atom. The highest BCUT2D eigenvalue weighted by Gasteiger charge is 2.47. The van der Waals surface area contributed by atoms with Crippen molar-refractivity contribution in [3.05, 3.63) is 54.2 Å². The molecule has 0 aliphatic heterocycles. The fraction of sp³-hybridized carbons (Fsp3) is 0.300. The van der Waals surface area contributed by atoms with Crippen molar-refractivity contribution < 1.29 is 14.6 Å². The second-order valence-electron chi connectivity index (χ2n) is 6.52. The summed E-state index contributed by atoms with van der Waals surface area (Å²) in [7, 11) is 1.59. The van der Waals surface area contributed by atoms with Crippen LogP contribution in [0.3, 0.4) is 0 Å². The molecule has 1 saturated carbocycles. The highest BCUT2D eigenvalue weighted by atomic mass is 16.5. The van der Waals surface area contributed by atoms with E-state index in [0.29, 0.717) is 5.75 Å². The van der Waals surface area contributed by atoms with E-state index >= 15 is 0 Å². The van der Waals surface area contributed by atoms with Gasteiger partial charge in [0.2, 0.25) is 5.91 Å². The topological polar surface area (TPSA) is 78.5 Å². The number of methoxy groups -OCH3 is 1. The normalized spacial score (nSPS) is 18.7. The van der Waals surface area contributed by atoms with Gasteiger partial charge in [0.1, 0.15) is 5.75 Å². The lowest BCUT2D eigenvalue weighted by Crippen LogP contribution is -2.35. The van der Waals surface area contributed by atoms with Gasteiger partial charge in [0.25, 0.3) is 0 Å². The van der Waals surface area contributed by atoms with Crippen molar-refractivity contribution in [1.82, 2.24) is 10.2 Å². The van der Waals surface area contributed by atoms with E-state index in [9.17, 15) is 9.90 Å². The first-order chi connectivity index (χ1) is 12.7. The van der Waals surface area contributed by atoms with Gasteiger partial charge in [-0.15, -0.1) is 0 Å². The van der Waals surface area contributed by atoms with Crippen molar-refractivity contribution in [2.24, 2.45) is 5.92 Å². The van der Waals surface area contributed by atoms with Crippen LogP contribution in [0.25, 0.3) is 10.9 Å². The van der Waals surface area contributed by atoms with Crippen molar-refractivity contribution in [2.75, 3.05) is 25.2 Å². The maximum Gasteiger partial charge on any atom is 0.230 e. The van der Waals surface area contributed by atoms with Gasteiger partial charge in [-0.25, -0.2) is 0 Å². The van der Waals surface area contributed by atoms with E-state index in [-0.39, 0.29) is 30.9 Å². The molecular weight excluding hydrogens is 330 g/mol. The lowest BCUT2D eigenvalue weighted by atomic mass is 10.1. The first kappa shape index (κ1) is 16.6. The number of amides is 1. The van der Waals surface area contributed by atoms with Crippen LogP contribution in [0.1, 0.15) is 18.0 Å². The van der Waals surface area contributed by atoms with Crippen molar-refractivity contribution in [3.8, 4) is 5.75 Å². The van der Waals surface area contributed by atoms with Crippen LogP contribution in [0.5, 0.6) is 5.75 Å². The molecule has 2 atom stereocenters. The van der Waals surface area contributed by atoms with E-state index in [1.54, 1.807) is 12.0 Å². The Kier molecular flexibility index (Phi) is 4.34. The van der Waals surface area contributed by atoms with Gasteiger partial charge < -0.3 is 14.7 Å². The molecule has 2 aromatic carbocycles. The molecule has 0 bridgehead atoms. The lowest BCUT2D eigenvalue weighted by molar-refractivity contribution is -0.120.